The van der Waals surface area contributed by atoms with E-state index in [1.165, 1.54) is 34.0 Å². The molecule has 2 atom stereocenters. The number of rotatable bonds is 1. The van der Waals surface area contributed by atoms with Crippen molar-refractivity contribution in [2.24, 2.45) is 0 Å². The van der Waals surface area contributed by atoms with Crippen LogP contribution >= 0.6 is 0 Å². The van der Waals surface area contributed by atoms with E-state index in [2.05, 4.69) is 17.2 Å². The largest absolute Gasteiger partial charge is 0.363 e. The average Bonchev–Trinajstić information content (AvgIpc) is 3.14. The summed E-state index contributed by atoms with van der Waals surface area (Å²) in [4.78, 5) is 0. The Morgan fingerprint density at radius 1 is 1.08 bits per heavy atom. The molecule has 2 aromatic carbocycles. The first-order valence-electron chi connectivity index (χ1n) is 7.86. The van der Waals surface area contributed by atoms with Gasteiger partial charge in [-0.25, -0.2) is 13.3 Å². The summed E-state index contributed by atoms with van der Waals surface area (Å²) in [5.41, 5.74) is 2.27. The van der Waals surface area contributed by atoms with Crippen molar-refractivity contribution < 1.29 is 18.1 Å². The lowest BCUT2D eigenvalue weighted by atomic mass is 10.1. The molecule has 0 N–H and O–H groups in total. The van der Waals surface area contributed by atoms with Crippen LogP contribution in [0.1, 0.15) is 23.0 Å². The minimum Gasteiger partial charge on any atom is -0.363 e. The Balaban J connectivity index is 1.66. The molecule has 0 saturated carbocycles. The van der Waals surface area contributed by atoms with Gasteiger partial charge < -0.3 is 4.74 Å². The minimum atomic E-state index is -0.639. The molecule has 0 unspecified atom stereocenters. The molecule has 0 saturated heterocycles. The van der Waals surface area contributed by atoms with Crippen molar-refractivity contribution in [1.82, 2.24) is 9.78 Å². The molecule has 0 bridgehead atoms. The molecule has 3 aromatic rings. The van der Waals surface area contributed by atoms with E-state index in [0.29, 0.717) is 12.4 Å². The highest BCUT2D eigenvalue weighted by molar-refractivity contribution is 5.36. The summed E-state index contributed by atoms with van der Waals surface area (Å²) in [5, 5.41) is 4.35. The Hall–Kier alpha value is -2.60. The fourth-order valence-corrected chi connectivity index (χ4v) is 3.74. The van der Waals surface area contributed by atoms with Crippen molar-refractivity contribution in [1.29, 1.82) is 0 Å². The van der Waals surface area contributed by atoms with Crippen molar-refractivity contribution >= 4 is 0 Å². The number of fused-ring (bicyclic) bond motifs is 5. The summed E-state index contributed by atoms with van der Waals surface area (Å²) in [6, 6.07) is 12.0. The van der Waals surface area contributed by atoms with E-state index in [-0.39, 0.29) is 17.8 Å². The molecule has 0 spiro atoms. The van der Waals surface area contributed by atoms with Crippen LogP contribution in [0.2, 0.25) is 0 Å². The molecule has 0 radical (unpaired) electrons. The molecule has 1 aromatic heterocycles. The van der Waals surface area contributed by atoms with Gasteiger partial charge in [0.15, 0.2) is 11.6 Å². The van der Waals surface area contributed by atoms with Crippen LogP contribution in [0.15, 0.2) is 48.8 Å². The smallest absolute Gasteiger partial charge is 0.304 e. The van der Waals surface area contributed by atoms with Crippen LogP contribution in [0.5, 0.6) is 0 Å². The molecular weight excluding hydrogens is 312 g/mol. The first kappa shape index (κ1) is 13.8. The van der Waals surface area contributed by atoms with Crippen LogP contribution in [0.3, 0.4) is 0 Å². The van der Waals surface area contributed by atoms with Gasteiger partial charge in [-0.1, -0.05) is 35.0 Å². The van der Waals surface area contributed by atoms with E-state index >= 15 is 0 Å². The van der Waals surface area contributed by atoms with Crippen LogP contribution in [0.4, 0.5) is 8.78 Å². The molecule has 6 heteroatoms. The molecule has 1 aliphatic heterocycles. The quantitative estimate of drug-likeness (QED) is 0.643. The zero-order valence-corrected chi connectivity index (χ0v) is 12.7. The van der Waals surface area contributed by atoms with E-state index < -0.39 is 11.6 Å². The van der Waals surface area contributed by atoms with Gasteiger partial charge in [0.05, 0.1) is 0 Å². The summed E-state index contributed by atoms with van der Waals surface area (Å²) < 4.78 is 37.3. The van der Waals surface area contributed by atoms with Gasteiger partial charge in [-0.05, 0) is 23.3 Å². The maximum Gasteiger partial charge on any atom is 0.304 e. The maximum atomic E-state index is 14.1. The number of halogens is 2. The highest BCUT2D eigenvalue weighted by Gasteiger charge is 2.43. The van der Waals surface area contributed by atoms with Gasteiger partial charge in [0.25, 0.3) is 0 Å². The molecule has 1 aliphatic carbocycles. The maximum absolute atomic E-state index is 14.1. The Labute approximate surface area is 136 Å². The monoisotopic (exact) mass is 326 g/mol. The van der Waals surface area contributed by atoms with Gasteiger partial charge in [-0.2, -0.15) is 0 Å². The van der Waals surface area contributed by atoms with E-state index in [0.717, 1.165) is 6.42 Å². The second-order valence-corrected chi connectivity index (χ2v) is 6.15. The van der Waals surface area contributed by atoms with Gasteiger partial charge in [0, 0.05) is 11.5 Å². The SMILES string of the molecule is Fc1cccc(F)c1-n1c[n+]2c(n1)CO[C@H]1Cc3ccccc3[C@H]12. The van der Waals surface area contributed by atoms with Crippen LogP contribution in [-0.4, -0.2) is 15.9 Å². The Kier molecular flexibility index (Phi) is 2.84. The van der Waals surface area contributed by atoms with Crippen molar-refractivity contribution in [3.63, 3.8) is 0 Å². The summed E-state index contributed by atoms with van der Waals surface area (Å²) in [6.45, 7) is 0.332. The lowest BCUT2D eigenvalue weighted by Crippen LogP contribution is -2.51. The summed E-state index contributed by atoms with van der Waals surface area (Å²) in [5.74, 6) is -0.616. The number of benzene rings is 2. The highest BCUT2D eigenvalue weighted by Crippen LogP contribution is 2.35. The summed E-state index contributed by atoms with van der Waals surface area (Å²) in [7, 11) is 0. The minimum absolute atomic E-state index is 0.00599. The molecule has 24 heavy (non-hydrogen) atoms. The molecule has 2 heterocycles. The number of aromatic nitrogens is 3. The topological polar surface area (TPSA) is 30.9 Å². The average molecular weight is 326 g/mol. The Morgan fingerprint density at radius 3 is 2.71 bits per heavy atom. The molecule has 120 valence electrons. The first-order chi connectivity index (χ1) is 11.7. The molecular formula is C18H14F2N3O+. The molecule has 0 amide bonds. The van der Waals surface area contributed by atoms with Crippen LogP contribution in [0, 0.1) is 11.6 Å². The van der Waals surface area contributed by atoms with Crippen LogP contribution in [0.25, 0.3) is 5.69 Å². The second kappa shape index (κ2) is 4.95. The molecule has 5 rings (SSSR count). The van der Waals surface area contributed by atoms with Gasteiger partial charge in [0.2, 0.25) is 12.0 Å². The third-order valence-electron chi connectivity index (χ3n) is 4.79. The molecule has 4 nitrogen and oxygen atoms in total. The van der Waals surface area contributed by atoms with E-state index in [1.807, 2.05) is 16.7 Å². The van der Waals surface area contributed by atoms with Gasteiger partial charge in [0.1, 0.15) is 18.8 Å². The van der Waals surface area contributed by atoms with Crippen molar-refractivity contribution in [2.45, 2.75) is 25.2 Å². The summed E-state index contributed by atoms with van der Waals surface area (Å²) >= 11 is 0. The lowest BCUT2D eigenvalue weighted by molar-refractivity contribution is -0.739. The van der Waals surface area contributed by atoms with E-state index in [4.69, 9.17) is 4.74 Å². The molecule has 2 aliphatic rings. The third kappa shape index (κ3) is 1.86. The van der Waals surface area contributed by atoms with Crippen molar-refractivity contribution in [3.05, 3.63) is 77.4 Å². The van der Waals surface area contributed by atoms with Crippen molar-refractivity contribution in [2.75, 3.05) is 0 Å². The zero-order valence-electron chi connectivity index (χ0n) is 12.7. The van der Waals surface area contributed by atoms with E-state index in [1.54, 1.807) is 6.33 Å². The standard InChI is InChI=1S/C18H14F2N3O/c19-13-6-3-7-14(20)18(13)23-10-22-16(21-23)9-24-15-8-11-4-1-2-5-12(11)17(15)22/h1-7,10,15,17H,8-9H2/q+1/t15-,17+/m0/s1. The van der Waals surface area contributed by atoms with Gasteiger partial charge in [-0.15, -0.1) is 0 Å². The Morgan fingerprint density at radius 2 is 1.88 bits per heavy atom. The van der Waals surface area contributed by atoms with Gasteiger partial charge in [-0.3, -0.25) is 0 Å². The van der Waals surface area contributed by atoms with Crippen molar-refractivity contribution in [3.8, 4) is 5.69 Å². The highest BCUT2D eigenvalue weighted by atomic mass is 19.1. The lowest BCUT2D eigenvalue weighted by Gasteiger charge is -2.23. The summed E-state index contributed by atoms with van der Waals surface area (Å²) in [6.07, 6.45) is 2.54. The fraction of sp³-hybridized carbons (Fsp3) is 0.222. The number of hydrogen-bond acceptors (Lipinski definition) is 2. The fourth-order valence-electron chi connectivity index (χ4n) is 3.74. The Bertz CT molecular complexity index is 933. The number of ether oxygens (including phenoxy) is 1. The predicted octanol–water partition coefficient (Wildman–Crippen LogP) is 2.48. The third-order valence-corrected chi connectivity index (χ3v) is 4.79. The molecule has 0 fully saturated rings. The predicted molar refractivity (Wildman–Crippen MR) is 80.5 cm³/mol. The van der Waals surface area contributed by atoms with E-state index in [9.17, 15) is 8.78 Å². The van der Waals surface area contributed by atoms with Crippen LogP contribution in [-0.2, 0) is 17.8 Å². The number of hydrogen-bond donors (Lipinski definition) is 0. The zero-order chi connectivity index (χ0) is 16.3. The number of para-hydroxylation sites is 1. The number of nitrogens with zero attached hydrogens (tertiary/aromatic N) is 3. The van der Waals surface area contributed by atoms with Gasteiger partial charge >= 0.3 is 5.82 Å². The second-order valence-electron chi connectivity index (χ2n) is 6.15. The van der Waals surface area contributed by atoms with Crippen LogP contribution < -0.4 is 4.57 Å². The normalized spacial score (nSPS) is 21.2. The first-order valence-corrected chi connectivity index (χ1v) is 7.86.